The molecule has 3 aromatic rings. The third-order valence-electron chi connectivity index (χ3n) is 6.88. The van der Waals surface area contributed by atoms with Gasteiger partial charge in [0.1, 0.15) is 5.82 Å². The SMILES string of the molecule is Cc1ccc(C2CC(c3ccc(F)cc3)=NN2C(=O)CN2CCN(Cc3ccccc3)CC2)cc1. The Balaban J connectivity index is 1.26. The molecular formula is C29H31FN4O. The summed E-state index contributed by atoms with van der Waals surface area (Å²) in [6, 6.07) is 25.0. The van der Waals surface area contributed by atoms with Crippen LogP contribution in [-0.4, -0.2) is 59.2 Å². The van der Waals surface area contributed by atoms with Crippen LogP contribution in [0.1, 0.15) is 34.7 Å². The zero-order valence-electron chi connectivity index (χ0n) is 20.1. The summed E-state index contributed by atoms with van der Waals surface area (Å²) in [6.07, 6.45) is 0.616. The zero-order chi connectivity index (χ0) is 24.2. The number of hydrazone groups is 1. The Morgan fingerprint density at radius 1 is 0.886 bits per heavy atom. The molecule has 2 aliphatic heterocycles. The lowest BCUT2D eigenvalue weighted by Gasteiger charge is -2.35. The van der Waals surface area contributed by atoms with Gasteiger partial charge in [0.05, 0.1) is 18.3 Å². The minimum atomic E-state index is -0.276. The van der Waals surface area contributed by atoms with E-state index in [0.29, 0.717) is 13.0 Å². The first kappa shape index (κ1) is 23.4. The van der Waals surface area contributed by atoms with E-state index in [1.165, 1.54) is 23.3 Å². The van der Waals surface area contributed by atoms with Crippen molar-refractivity contribution in [3.05, 3.63) is 107 Å². The molecule has 0 saturated carbocycles. The minimum absolute atomic E-state index is 0.00389. The smallest absolute Gasteiger partial charge is 0.257 e. The van der Waals surface area contributed by atoms with Crippen LogP contribution in [0.3, 0.4) is 0 Å². The van der Waals surface area contributed by atoms with Gasteiger partial charge >= 0.3 is 0 Å². The number of rotatable bonds is 6. The van der Waals surface area contributed by atoms with E-state index in [4.69, 9.17) is 5.10 Å². The van der Waals surface area contributed by atoms with E-state index >= 15 is 0 Å². The fourth-order valence-electron chi connectivity index (χ4n) is 4.82. The third kappa shape index (κ3) is 5.66. The highest BCUT2D eigenvalue weighted by Gasteiger charge is 2.34. The molecule has 1 fully saturated rings. The van der Waals surface area contributed by atoms with E-state index in [1.54, 1.807) is 17.1 Å². The molecule has 0 spiro atoms. The quantitative estimate of drug-likeness (QED) is 0.527. The molecule has 5 nitrogen and oxygen atoms in total. The lowest BCUT2D eigenvalue weighted by Crippen LogP contribution is -2.49. The van der Waals surface area contributed by atoms with Crippen molar-refractivity contribution in [1.82, 2.24) is 14.8 Å². The monoisotopic (exact) mass is 470 g/mol. The highest BCUT2D eigenvalue weighted by molar-refractivity contribution is 6.03. The molecule has 2 aliphatic rings. The van der Waals surface area contributed by atoms with Gasteiger partial charge in [0.25, 0.3) is 5.91 Å². The summed E-state index contributed by atoms with van der Waals surface area (Å²) in [4.78, 5) is 18.1. The maximum atomic E-state index is 13.5. The van der Waals surface area contributed by atoms with Crippen molar-refractivity contribution in [3.63, 3.8) is 0 Å². The van der Waals surface area contributed by atoms with Crippen molar-refractivity contribution in [2.45, 2.75) is 25.9 Å². The average Bonchev–Trinajstić information content (AvgIpc) is 3.32. The van der Waals surface area contributed by atoms with Crippen molar-refractivity contribution in [1.29, 1.82) is 0 Å². The van der Waals surface area contributed by atoms with Gasteiger partial charge < -0.3 is 0 Å². The van der Waals surface area contributed by atoms with E-state index < -0.39 is 0 Å². The number of hydrogen-bond acceptors (Lipinski definition) is 4. The maximum absolute atomic E-state index is 13.5. The number of carbonyl (C=O) groups is 1. The molecule has 0 aromatic heterocycles. The Labute approximate surface area is 206 Å². The van der Waals surface area contributed by atoms with Gasteiger partial charge in [-0.1, -0.05) is 72.3 Å². The summed E-state index contributed by atoms with van der Waals surface area (Å²) in [6.45, 7) is 6.93. The van der Waals surface area contributed by atoms with Crippen molar-refractivity contribution in [3.8, 4) is 0 Å². The van der Waals surface area contributed by atoms with E-state index in [1.807, 2.05) is 6.07 Å². The number of piperazine rings is 1. The maximum Gasteiger partial charge on any atom is 0.257 e. The normalized spacial score (nSPS) is 19.1. The molecule has 0 radical (unpaired) electrons. The summed E-state index contributed by atoms with van der Waals surface area (Å²) in [7, 11) is 0. The van der Waals surface area contributed by atoms with Crippen LogP contribution in [0.5, 0.6) is 0 Å². The summed E-state index contributed by atoms with van der Waals surface area (Å²) in [5.41, 5.74) is 5.23. The van der Waals surface area contributed by atoms with E-state index in [9.17, 15) is 9.18 Å². The first-order valence-electron chi connectivity index (χ1n) is 12.3. The average molecular weight is 471 g/mol. The molecule has 0 bridgehead atoms. The van der Waals surface area contributed by atoms with Crippen molar-refractivity contribution in [2.24, 2.45) is 5.10 Å². The van der Waals surface area contributed by atoms with Gasteiger partial charge in [-0.15, -0.1) is 0 Å². The number of halogens is 1. The van der Waals surface area contributed by atoms with Crippen LogP contribution in [0.4, 0.5) is 4.39 Å². The molecule has 35 heavy (non-hydrogen) atoms. The van der Waals surface area contributed by atoms with Crippen molar-refractivity contribution < 1.29 is 9.18 Å². The Kier molecular flexibility index (Phi) is 7.02. The van der Waals surface area contributed by atoms with Gasteiger partial charge in [-0.2, -0.15) is 5.10 Å². The van der Waals surface area contributed by atoms with Gasteiger partial charge in [-0.25, -0.2) is 9.40 Å². The largest absolute Gasteiger partial charge is 0.297 e. The standard InChI is InChI=1S/C29H31FN4O/c1-22-7-9-25(10-8-22)28-19-27(24-11-13-26(30)14-12-24)31-34(28)29(35)21-33-17-15-32(16-18-33)20-23-5-3-2-4-6-23/h2-14,28H,15-21H2,1H3. The second kappa shape index (κ2) is 10.5. The topological polar surface area (TPSA) is 39.2 Å². The molecule has 1 unspecified atom stereocenters. The first-order chi connectivity index (χ1) is 17.0. The lowest BCUT2D eigenvalue weighted by atomic mass is 9.97. The van der Waals surface area contributed by atoms with Gasteiger partial charge in [0.2, 0.25) is 0 Å². The number of nitrogens with zero attached hydrogens (tertiary/aromatic N) is 4. The summed E-state index contributed by atoms with van der Waals surface area (Å²) in [5, 5.41) is 6.40. The number of aryl methyl sites for hydroxylation is 1. The molecule has 6 heteroatoms. The Bertz CT molecular complexity index is 1170. The number of hydrogen-bond donors (Lipinski definition) is 0. The van der Waals surface area contributed by atoms with Crippen LogP contribution in [0, 0.1) is 12.7 Å². The molecule has 1 atom stereocenters. The van der Waals surface area contributed by atoms with Gasteiger partial charge in [0, 0.05) is 39.1 Å². The number of amides is 1. The van der Waals surface area contributed by atoms with Gasteiger partial charge in [-0.05, 0) is 35.7 Å². The van der Waals surface area contributed by atoms with Crippen molar-refractivity contribution in [2.75, 3.05) is 32.7 Å². The highest BCUT2D eigenvalue weighted by Crippen LogP contribution is 2.33. The van der Waals surface area contributed by atoms with Gasteiger partial charge in [-0.3, -0.25) is 14.6 Å². The fraction of sp³-hybridized carbons (Fsp3) is 0.310. The van der Waals surface area contributed by atoms with Crippen LogP contribution in [0.15, 0.2) is 84.0 Å². The molecule has 0 N–H and O–H groups in total. The Morgan fingerprint density at radius 3 is 2.23 bits per heavy atom. The lowest BCUT2D eigenvalue weighted by molar-refractivity contribution is -0.134. The third-order valence-corrected chi connectivity index (χ3v) is 6.88. The zero-order valence-corrected chi connectivity index (χ0v) is 20.1. The van der Waals surface area contributed by atoms with Crippen LogP contribution in [-0.2, 0) is 11.3 Å². The molecule has 0 aliphatic carbocycles. The first-order valence-corrected chi connectivity index (χ1v) is 12.3. The summed E-state index contributed by atoms with van der Waals surface area (Å²) in [5.74, 6) is -0.272. The molecule has 3 aromatic carbocycles. The van der Waals surface area contributed by atoms with Crippen LogP contribution < -0.4 is 0 Å². The minimum Gasteiger partial charge on any atom is -0.297 e. The number of carbonyl (C=O) groups excluding carboxylic acids is 1. The molecule has 180 valence electrons. The molecular weight excluding hydrogens is 439 g/mol. The highest BCUT2D eigenvalue weighted by atomic mass is 19.1. The summed E-state index contributed by atoms with van der Waals surface area (Å²) < 4.78 is 13.5. The van der Waals surface area contributed by atoms with E-state index in [2.05, 4.69) is 65.3 Å². The second-order valence-corrected chi connectivity index (χ2v) is 9.46. The van der Waals surface area contributed by atoms with Gasteiger partial charge in [0.15, 0.2) is 0 Å². The summed E-state index contributed by atoms with van der Waals surface area (Å²) >= 11 is 0. The second-order valence-electron chi connectivity index (χ2n) is 9.46. The van der Waals surface area contributed by atoms with E-state index in [-0.39, 0.29) is 17.8 Å². The van der Waals surface area contributed by atoms with Crippen LogP contribution in [0.25, 0.3) is 0 Å². The number of benzene rings is 3. The molecule has 1 amide bonds. The molecule has 5 rings (SSSR count). The molecule has 1 saturated heterocycles. The predicted molar refractivity (Wildman–Crippen MR) is 136 cm³/mol. The van der Waals surface area contributed by atoms with Crippen LogP contribution in [0.2, 0.25) is 0 Å². The van der Waals surface area contributed by atoms with E-state index in [0.717, 1.165) is 49.6 Å². The fourth-order valence-corrected chi connectivity index (χ4v) is 4.82. The Morgan fingerprint density at radius 2 is 1.54 bits per heavy atom. The molecule has 2 heterocycles. The van der Waals surface area contributed by atoms with Crippen LogP contribution >= 0.6 is 0 Å². The Hall–Kier alpha value is -3.35. The van der Waals surface area contributed by atoms with Crippen molar-refractivity contribution >= 4 is 11.6 Å². The predicted octanol–water partition coefficient (Wildman–Crippen LogP) is 4.63.